The van der Waals surface area contributed by atoms with Crippen molar-refractivity contribution < 1.29 is 13.2 Å². The highest BCUT2D eigenvalue weighted by molar-refractivity contribution is 5.85. The highest BCUT2D eigenvalue weighted by Gasteiger charge is 2.35. The van der Waals surface area contributed by atoms with Gasteiger partial charge in [-0.15, -0.1) is 0 Å². The molecule has 0 saturated heterocycles. The van der Waals surface area contributed by atoms with Gasteiger partial charge in [-0.3, -0.25) is 9.36 Å². The van der Waals surface area contributed by atoms with E-state index in [1.54, 1.807) is 24.9 Å². The van der Waals surface area contributed by atoms with Crippen LogP contribution in [-0.4, -0.2) is 24.5 Å². The Kier molecular flexibility index (Phi) is 3.19. The lowest BCUT2D eigenvalue weighted by molar-refractivity contribution is -0.136. The van der Waals surface area contributed by atoms with Crippen molar-refractivity contribution in [2.24, 2.45) is 7.05 Å². The molecule has 0 aliphatic heterocycles. The molecule has 3 heterocycles. The average molecular weight is 309 g/mol. The van der Waals surface area contributed by atoms with Crippen LogP contribution < -0.4 is 0 Å². The smallest absolute Gasteiger partial charge is 0.272 e. The summed E-state index contributed by atoms with van der Waals surface area (Å²) < 4.78 is 43.2. The van der Waals surface area contributed by atoms with E-state index in [1.165, 1.54) is 10.9 Å². The maximum absolute atomic E-state index is 13.4. The topological polar surface area (TPSA) is 48.5 Å². The van der Waals surface area contributed by atoms with Crippen LogP contribution in [0.3, 0.4) is 0 Å². The molecule has 0 spiro atoms. The monoisotopic (exact) mass is 309 g/mol. The van der Waals surface area contributed by atoms with Gasteiger partial charge in [-0.1, -0.05) is 0 Å². The van der Waals surface area contributed by atoms with E-state index in [0.29, 0.717) is 17.8 Å². The van der Waals surface area contributed by atoms with E-state index in [0.717, 1.165) is 6.07 Å². The normalized spacial score (nSPS) is 12.3. The van der Waals surface area contributed by atoms with Crippen molar-refractivity contribution in [2.45, 2.75) is 26.6 Å². The van der Waals surface area contributed by atoms with Crippen LogP contribution >= 0.6 is 0 Å². The van der Waals surface area contributed by atoms with Gasteiger partial charge in [-0.05, 0) is 19.9 Å². The minimum Gasteiger partial charge on any atom is -0.272 e. The fourth-order valence-electron chi connectivity index (χ4n) is 2.49. The zero-order chi connectivity index (χ0) is 16.1. The Morgan fingerprint density at radius 2 is 2.00 bits per heavy atom. The van der Waals surface area contributed by atoms with E-state index in [1.807, 2.05) is 6.92 Å². The summed E-state index contributed by atoms with van der Waals surface area (Å²) in [6.45, 7) is 4.09. The summed E-state index contributed by atoms with van der Waals surface area (Å²) in [5, 5.41) is 8.18. The van der Waals surface area contributed by atoms with Gasteiger partial charge < -0.3 is 0 Å². The number of aryl methyl sites for hydroxylation is 3. The van der Waals surface area contributed by atoms with Crippen molar-refractivity contribution in [1.82, 2.24) is 24.5 Å². The maximum atomic E-state index is 13.4. The molecule has 22 heavy (non-hydrogen) atoms. The van der Waals surface area contributed by atoms with Gasteiger partial charge in [0.25, 0.3) is 0 Å². The quantitative estimate of drug-likeness (QED) is 0.730. The van der Waals surface area contributed by atoms with Gasteiger partial charge in [-0.2, -0.15) is 23.4 Å². The molecule has 3 aromatic heterocycles. The Bertz CT molecular complexity index is 844. The summed E-state index contributed by atoms with van der Waals surface area (Å²) in [6.07, 6.45) is -1.27. The lowest BCUT2D eigenvalue weighted by Crippen LogP contribution is -2.07. The highest BCUT2D eigenvalue weighted by Crippen LogP contribution is 2.37. The number of aromatic nitrogens is 5. The number of pyridine rings is 1. The molecule has 0 bridgehead atoms. The van der Waals surface area contributed by atoms with Gasteiger partial charge in [0.15, 0.2) is 5.65 Å². The predicted octanol–water partition coefficient (Wildman–Crippen LogP) is 3.18. The standard InChI is InChI=1S/C14H14F3N5/c1-4-22-7-9(6-18-22)11-5-10(14(15,16)17)12-8(2)20-21(3)13(12)19-11/h5-7H,4H2,1-3H3. The van der Waals surface area contributed by atoms with E-state index in [2.05, 4.69) is 15.2 Å². The molecular weight excluding hydrogens is 295 g/mol. The fraction of sp³-hybridized carbons (Fsp3) is 0.357. The molecule has 0 aliphatic rings. The Balaban J connectivity index is 2.31. The van der Waals surface area contributed by atoms with Gasteiger partial charge in [0, 0.05) is 25.4 Å². The highest BCUT2D eigenvalue weighted by atomic mass is 19.4. The number of hydrogen-bond acceptors (Lipinski definition) is 3. The molecule has 0 unspecified atom stereocenters. The number of hydrogen-bond donors (Lipinski definition) is 0. The molecule has 0 atom stereocenters. The Labute approximate surface area is 124 Å². The van der Waals surface area contributed by atoms with Gasteiger partial charge in [0.1, 0.15) is 0 Å². The fourth-order valence-corrected chi connectivity index (χ4v) is 2.49. The molecule has 0 radical (unpaired) electrons. The molecule has 116 valence electrons. The van der Waals surface area contributed by atoms with Crippen LogP contribution in [0, 0.1) is 6.92 Å². The Morgan fingerprint density at radius 1 is 1.27 bits per heavy atom. The summed E-state index contributed by atoms with van der Waals surface area (Å²) in [5.74, 6) is 0. The zero-order valence-electron chi connectivity index (χ0n) is 12.3. The number of fused-ring (bicyclic) bond motifs is 1. The van der Waals surface area contributed by atoms with E-state index in [4.69, 9.17) is 0 Å². The molecule has 0 aromatic carbocycles. The first kappa shape index (κ1) is 14.6. The molecule has 0 aliphatic carbocycles. The van der Waals surface area contributed by atoms with Crippen molar-refractivity contribution in [2.75, 3.05) is 0 Å². The second-order valence-electron chi connectivity index (χ2n) is 5.05. The van der Waals surface area contributed by atoms with Crippen LogP contribution in [-0.2, 0) is 19.8 Å². The van der Waals surface area contributed by atoms with Gasteiger partial charge in [-0.25, -0.2) is 4.98 Å². The van der Waals surface area contributed by atoms with Crippen molar-refractivity contribution in [3.05, 3.63) is 29.7 Å². The zero-order valence-corrected chi connectivity index (χ0v) is 12.3. The van der Waals surface area contributed by atoms with Crippen molar-refractivity contribution in [3.8, 4) is 11.3 Å². The number of rotatable bonds is 2. The third-order valence-electron chi connectivity index (χ3n) is 3.53. The third kappa shape index (κ3) is 2.24. The molecule has 3 rings (SSSR count). The summed E-state index contributed by atoms with van der Waals surface area (Å²) >= 11 is 0. The lowest BCUT2D eigenvalue weighted by Gasteiger charge is -2.10. The average Bonchev–Trinajstić information content (AvgIpc) is 3.03. The largest absolute Gasteiger partial charge is 0.417 e. The van der Waals surface area contributed by atoms with Crippen molar-refractivity contribution in [3.63, 3.8) is 0 Å². The molecule has 0 amide bonds. The minimum atomic E-state index is -4.47. The SMILES string of the molecule is CCn1cc(-c2cc(C(F)(F)F)c3c(C)nn(C)c3n2)cn1. The first-order chi connectivity index (χ1) is 10.3. The van der Waals surface area contributed by atoms with E-state index < -0.39 is 11.7 Å². The summed E-state index contributed by atoms with van der Waals surface area (Å²) in [5.41, 5.74) is 0.595. The van der Waals surface area contributed by atoms with Crippen LogP contribution in [0.1, 0.15) is 18.2 Å². The van der Waals surface area contributed by atoms with Gasteiger partial charge in [0.2, 0.25) is 0 Å². The number of nitrogens with zero attached hydrogens (tertiary/aromatic N) is 5. The van der Waals surface area contributed by atoms with E-state index in [9.17, 15) is 13.2 Å². The second-order valence-corrected chi connectivity index (χ2v) is 5.05. The van der Waals surface area contributed by atoms with Crippen LogP contribution in [0.4, 0.5) is 13.2 Å². The van der Waals surface area contributed by atoms with Crippen LogP contribution in [0.25, 0.3) is 22.3 Å². The number of halogens is 3. The van der Waals surface area contributed by atoms with Crippen molar-refractivity contribution >= 4 is 11.0 Å². The van der Waals surface area contributed by atoms with Crippen molar-refractivity contribution in [1.29, 1.82) is 0 Å². The van der Waals surface area contributed by atoms with Gasteiger partial charge >= 0.3 is 6.18 Å². The predicted molar refractivity (Wildman–Crippen MR) is 75.1 cm³/mol. The van der Waals surface area contributed by atoms with E-state index in [-0.39, 0.29) is 16.7 Å². The van der Waals surface area contributed by atoms with Crippen LogP contribution in [0.15, 0.2) is 18.5 Å². The van der Waals surface area contributed by atoms with Crippen LogP contribution in [0.5, 0.6) is 0 Å². The second kappa shape index (κ2) is 4.82. The molecule has 8 heteroatoms. The molecule has 0 saturated carbocycles. The Morgan fingerprint density at radius 3 is 2.59 bits per heavy atom. The molecule has 3 aromatic rings. The Hall–Kier alpha value is -2.38. The van der Waals surface area contributed by atoms with Crippen LogP contribution in [0.2, 0.25) is 0 Å². The number of alkyl halides is 3. The summed E-state index contributed by atoms with van der Waals surface area (Å²) in [7, 11) is 1.59. The summed E-state index contributed by atoms with van der Waals surface area (Å²) in [6, 6.07) is 1.06. The van der Waals surface area contributed by atoms with E-state index >= 15 is 0 Å². The van der Waals surface area contributed by atoms with Gasteiger partial charge in [0.05, 0.1) is 28.5 Å². The molecule has 0 N–H and O–H groups in total. The molecule has 0 fully saturated rings. The minimum absolute atomic E-state index is 0.0432. The third-order valence-corrected chi connectivity index (χ3v) is 3.53. The molecular formula is C14H14F3N5. The summed E-state index contributed by atoms with van der Waals surface area (Å²) in [4.78, 5) is 4.33. The first-order valence-corrected chi connectivity index (χ1v) is 6.75. The first-order valence-electron chi connectivity index (χ1n) is 6.75. The molecule has 5 nitrogen and oxygen atoms in total. The lowest BCUT2D eigenvalue weighted by atomic mass is 10.1. The maximum Gasteiger partial charge on any atom is 0.417 e.